The molecule has 0 fully saturated rings. The highest BCUT2D eigenvalue weighted by Crippen LogP contribution is 2.08. The van der Waals surface area contributed by atoms with Crippen molar-refractivity contribution in [2.24, 2.45) is 5.92 Å². The van der Waals surface area contributed by atoms with E-state index in [1.54, 1.807) is 0 Å². The van der Waals surface area contributed by atoms with Gasteiger partial charge in [-0.15, -0.1) is 0 Å². The summed E-state index contributed by atoms with van der Waals surface area (Å²) in [4.78, 5) is 2.44. The molecule has 12 heavy (non-hydrogen) atoms. The Morgan fingerprint density at radius 1 is 1.17 bits per heavy atom. The Balaban J connectivity index is 3.49. The molecule has 74 valence electrons. The molecule has 0 aromatic carbocycles. The van der Waals surface area contributed by atoms with Crippen LogP contribution in [0.3, 0.4) is 0 Å². The first kappa shape index (κ1) is 12.3. The molecule has 0 aromatic rings. The maximum Gasteiger partial charge on any atom is 0.00868 e. The molecule has 0 aliphatic carbocycles. The number of hydrogen-bond acceptors (Lipinski definition) is 2. The summed E-state index contributed by atoms with van der Waals surface area (Å²) in [6, 6.07) is 0.699. The Kier molecular flexibility index (Phi) is 6.96. The van der Waals surface area contributed by atoms with Crippen molar-refractivity contribution in [2.45, 2.75) is 39.7 Å². The van der Waals surface area contributed by atoms with E-state index in [0.717, 1.165) is 11.7 Å². The third kappa shape index (κ3) is 5.04. The lowest BCUT2D eigenvalue weighted by atomic mass is 10.1. The van der Waals surface area contributed by atoms with E-state index in [9.17, 15) is 0 Å². The molecule has 0 aromatic heterocycles. The highest BCUT2D eigenvalue weighted by molar-refractivity contribution is 7.80. The molecular formula is C10H23NS. The highest BCUT2D eigenvalue weighted by atomic mass is 32.1. The van der Waals surface area contributed by atoms with Crippen LogP contribution in [-0.4, -0.2) is 30.3 Å². The fraction of sp³-hybridized carbons (Fsp3) is 1.00. The molecule has 0 saturated heterocycles. The Labute approximate surface area is 82.9 Å². The lowest BCUT2D eigenvalue weighted by molar-refractivity contribution is 0.206. The quantitative estimate of drug-likeness (QED) is 0.497. The molecule has 0 heterocycles. The van der Waals surface area contributed by atoms with Crippen LogP contribution in [0.25, 0.3) is 0 Å². The number of thiol groups is 1. The van der Waals surface area contributed by atoms with Crippen molar-refractivity contribution in [2.75, 3.05) is 19.3 Å². The lowest BCUT2D eigenvalue weighted by Gasteiger charge is -2.27. The monoisotopic (exact) mass is 189 g/mol. The summed E-state index contributed by atoms with van der Waals surface area (Å²) >= 11 is 4.20. The van der Waals surface area contributed by atoms with Crippen molar-refractivity contribution in [3.63, 3.8) is 0 Å². The fourth-order valence-corrected chi connectivity index (χ4v) is 1.41. The van der Waals surface area contributed by atoms with E-state index < -0.39 is 0 Å². The van der Waals surface area contributed by atoms with E-state index in [1.807, 2.05) is 0 Å². The largest absolute Gasteiger partial charge is 0.303 e. The van der Waals surface area contributed by atoms with Gasteiger partial charge in [-0.05, 0) is 45.0 Å². The molecule has 0 aliphatic rings. The third-order valence-corrected chi connectivity index (χ3v) is 2.90. The first-order chi connectivity index (χ1) is 5.59. The molecule has 0 spiro atoms. The Hall–Kier alpha value is 0.310. The van der Waals surface area contributed by atoms with Gasteiger partial charge in [-0.25, -0.2) is 0 Å². The molecule has 1 nitrogen and oxygen atoms in total. The molecule has 0 aliphatic heterocycles. The molecule has 0 radical (unpaired) electrons. The van der Waals surface area contributed by atoms with Crippen LogP contribution < -0.4 is 0 Å². The maximum atomic E-state index is 4.20. The second kappa shape index (κ2) is 6.79. The Morgan fingerprint density at radius 2 is 1.75 bits per heavy atom. The minimum Gasteiger partial charge on any atom is -0.303 e. The first-order valence-corrected chi connectivity index (χ1v) is 5.54. The van der Waals surface area contributed by atoms with Crippen LogP contribution in [0.4, 0.5) is 0 Å². The highest BCUT2D eigenvalue weighted by Gasteiger charge is 2.11. The summed E-state index contributed by atoms with van der Waals surface area (Å²) in [7, 11) is 2.21. The zero-order chi connectivity index (χ0) is 9.56. The Bertz CT molecular complexity index is 104. The minimum atomic E-state index is 0.699. The SMILES string of the molecule is CC(C)C(C)N(C)CCCCS. The van der Waals surface area contributed by atoms with Gasteiger partial charge in [0.25, 0.3) is 0 Å². The summed E-state index contributed by atoms with van der Waals surface area (Å²) in [5.41, 5.74) is 0. The predicted octanol–water partition coefficient (Wildman–Crippen LogP) is 2.67. The summed E-state index contributed by atoms with van der Waals surface area (Å²) in [6.45, 7) is 8.06. The topological polar surface area (TPSA) is 3.24 Å². The normalized spacial score (nSPS) is 14.2. The van der Waals surface area contributed by atoms with E-state index >= 15 is 0 Å². The van der Waals surface area contributed by atoms with Gasteiger partial charge in [-0.1, -0.05) is 13.8 Å². The van der Waals surface area contributed by atoms with Crippen molar-refractivity contribution in [1.82, 2.24) is 4.90 Å². The average molecular weight is 189 g/mol. The third-order valence-electron chi connectivity index (χ3n) is 2.58. The Morgan fingerprint density at radius 3 is 2.17 bits per heavy atom. The minimum absolute atomic E-state index is 0.699. The van der Waals surface area contributed by atoms with Crippen LogP contribution in [0.2, 0.25) is 0 Å². The van der Waals surface area contributed by atoms with Crippen molar-refractivity contribution < 1.29 is 0 Å². The van der Waals surface area contributed by atoms with Gasteiger partial charge in [0.15, 0.2) is 0 Å². The molecule has 1 unspecified atom stereocenters. The van der Waals surface area contributed by atoms with E-state index in [1.165, 1.54) is 19.4 Å². The van der Waals surface area contributed by atoms with Gasteiger partial charge in [0.1, 0.15) is 0 Å². The van der Waals surface area contributed by atoms with Crippen LogP contribution in [0.15, 0.2) is 0 Å². The second-order valence-corrected chi connectivity index (χ2v) is 4.34. The van der Waals surface area contributed by atoms with Crippen LogP contribution >= 0.6 is 12.6 Å². The van der Waals surface area contributed by atoms with Gasteiger partial charge in [0.2, 0.25) is 0 Å². The predicted molar refractivity (Wildman–Crippen MR) is 60.0 cm³/mol. The molecule has 0 N–H and O–H groups in total. The van der Waals surface area contributed by atoms with Crippen molar-refractivity contribution in [1.29, 1.82) is 0 Å². The number of hydrogen-bond donors (Lipinski definition) is 1. The average Bonchev–Trinajstić information content (AvgIpc) is 2.03. The van der Waals surface area contributed by atoms with Gasteiger partial charge in [-0.2, -0.15) is 12.6 Å². The second-order valence-electron chi connectivity index (χ2n) is 3.90. The van der Waals surface area contributed by atoms with Gasteiger partial charge in [0.05, 0.1) is 0 Å². The van der Waals surface area contributed by atoms with E-state index in [-0.39, 0.29) is 0 Å². The van der Waals surface area contributed by atoms with Crippen LogP contribution in [-0.2, 0) is 0 Å². The van der Waals surface area contributed by atoms with Gasteiger partial charge < -0.3 is 4.90 Å². The van der Waals surface area contributed by atoms with Crippen molar-refractivity contribution in [3.05, 3.63) is 0 Å². The number of nitrogens with zero attached hydrogens (tertiary/aromatic N) is 1. The summed E-state index contributed by atoms with van der Waals surface area (Å²) in [5.74, 6) is 1.77. The van der Waals surface area contributed by atoms with Crippen LogP contribution in [0.1, 0.15) is 33.6 Å². The van der Waals surface area contributed by atoms with E-state index in [4.69, 9.17) is 0 Å². The van der Waals surface area contributed by atoms with Gasteiger partial charge >= 0.3 is 0 Å². The first-order valence-electron chi connectivity index (χ1n) is 4.90. The van der Waals surface area contributed by atoms with Crippen LogP contribution in [0, 0.1) is 5.92 Å². The fourth-order valence-electron chi connectivity index (χ4n) is 1.19. The smallest absolute Gasteiger partial charge is 0.00868 e. The van der Waals surface area contributed by atoms with Gasteiger partial charge in [0, 0.05) is 6.04 Å². The standard InChI is InChI=1S/C10H23NS/c1-9(2)10(3)11(4)7-5-6-8-12/h9-10,12H,5-8H2,1-4H3. The molecule has 0 bridgehead atoms. The zero-order valence-corrected chi connectivity index (χ0v) is 9.77. The molecule has 0 rings (SSSR count). The maximum absolute atomic E-state index is 4.20. The summed E-state index contributed by atoms with van der Waals surface area (Å²) in [6.07, 6.45) is 2.51. The number of unbranched alkanes of at least 4 members (excludes halogenated alkanes) is 1. The van der Waals surface area contributed by atoms with Crippen LogP contribution in [0.5, 0.6) is 0 Å². The molecule has 0 amide bonds. The zero-order valence-electron chi connectivity index (χ0n) is 8.88. The number of rotatable bonds is 6. The van der Waals surface area contributed by atoms with E-state index in [0.29, 0.717) is 6.04 Å². The van der Waals surface area contributed by atoms with Crippen molar-refractivity contribution >= 4 is 12.6 Å². The summed E-state index contributed by atoms with van der Waals surface area (Å²) < 4.78 is 0. The summed E-state index contributed by atoms with van der Waals surface area (Å²) in [5, 5.41) is 0. The van der Waals surface area contributed by atoms with Gasteiger partial charge in [-0.3, -0.25) is 0 Å². The van der Waals surface area contributed by atoms with Crippen molar-refractivity contribution in [3.8, 4) is 0 Å². The molecule has 1 atom stereocenters. The van der Waals surface area contributed by atoms with E-state index in [2.05, 4.69) is 45.3 Å². The molecule has 0 saturated carbocycles. The molecule has 2 heteroatoms. The molecular weight excluding hydrogens is 166 g/mol. The lowest BCUT2D eigenvalue weighted by Crippen LogP contribution is -2.33.